The van der Waals surface area contributed by atoms with E-state index in [1.807, 2.05) is 0 Å². The van der Waals surface area contributed by atoms with Crippen LogP contribution < -0.4 is 5.11 Å². The quantitative estimate of drug-likeness (QED) is 0.369. The lowest BCUT2D eigenvalue weighted by Gasteiger charge is -1.99. The molecule has 0 fully saturated rings. The molecule has 0 atom stereocenters. The number of carboxylic acids is 1. The lowest BCUT2D eigenvalue weighted by atomic mass is 10.7. The summed E-state index contributed by atoms with van der Waals surface area (Å²) in [6.07, 6.45) is 0. The fourth-order valence-corrected chi connectivity index (χ4v) is 0.316. The molecule has 0 spiro atoms. The highest BCUT2D eigenvalue weighted by Crippen LogP contribution is 1.96. The van der Waals surface area contributed by atoms with Crippen LogP contribution in [-0.2, 0) is 14.9 Å². The summed E-state index contributed by atoms with van der Waals surface area (Å²) in [5, 5.41) is 9.60. The van der Waals surface area contributed by atoms with Crippen molar-refractivity contribution in [2.45, 2.75) is 0 Å². The van der Waals surface area contributed by atoms with Gasteiger partial charge in [-0.05, 0) is 0 Å². The maximum absolute atomic E-state index is 9.81. The number of hydrogen-bond donors (Lipinski definition) is 1. The van der Waals surface area contributed by atoms with Crippen molar-refractivity contribution < 1.29 is 22.9 Å². The molecule has 6 heteroatoms. The molecular formula is C3H3O5S-. The Hall–Kier alpha value is -0.880. The zero-order valence-corrected chi connectivity index (χ0v) is 5.01. The van der Waals surface area contributed by atoms with Gasteiger partial charge in [-0.2, -0.15) is 8.42 Å². The van der Waals surface area contributed by atoms with Crippen LogP contribution in [0.5, 0.6) is 0 Å². The molecule has 0 bridgehead atoms. The first kappa shape index (κ1) is 8.12. The fourth-order valence-electron chi connectivity index (χ4n) is 0.105. The van der Waals surface area contributed by atoms with Gasteiger partial charge in [0.05, 0.1) is 5.97 Å². The smallest absolute Gasteiger partial charge is 0.295 e. The number of carboxylic acid groups (broad SMARTS) is 1. The zero-order valence-electron chi connectivity index (χ0n) is 4.20. The van der Waals surface area contributed by atoms with Gasteiger partial charge in [0, 0.05) is 0 Å². The molecule has 52 valence electrons. The van der Waals surface area contributed by atoms with E-state index >= 15 is 0 Å². The monoisotopic (exact) mass is 151 g/mol. The molecule has 5 nitrogen and oxygen atoms in total. The van der Waals surface area contributed by atoms with E-state index in [9.17, 15) is 18.3 Å². The molecule has 0 unspecified atom stereocenters. The topological polar surface area (TPSA) is 94.5 Å². The number of rotatable bonds is 2. The minimum absolute atomic E-state index is 1.33. The van der Waals surface area contributed by atoms with Gasteiger partial charge in [0.2, 0.25) is 0 Å². The second kappa shape index (κ2) is 2.16. The Morgan fingerprint density at radius 3 is 1.89 bits per heavy atom. The molecule has 0 aromatic heterocycles. The van der Waals surface area contributed by atoms with Gasteiger partial charge in [-0.25, -0.2) is 0 Å². The molecule has 0 aliphatic carbocycles. The van der Waals surface area contributed by atoms with E-state index in [4.69, 9.17) is 4.55 Å². The Labute approximate surface area is 51.4 Å². The summed E-state index contributed by atoms with van der Waals surface area (Å²) >= 11 is 0. The van der Waals surface area contributed by atoms with Crippen LogP contribution in [-0.4, -0.2) is 18.9 Å². The summed E-state index contributed by atoms with van der Waals surface area (Å²) in [7, 11) is -4.66. The van der Waals surface area contributed by atoms with E-state index in [0.717, 1.165) is 0 Å². The molecule has 0 aliphatic rings. The molecule has 0 aromatic rings. The van der Waals surface area contributed by atoms with Crippen molar-refractivity contribution in [1.82, 2.24) is 0 Å². The number of aliphatic carboxylic acids is 1. The van der Waals surface area contributed by atoms with Gasteiger partial charge >= 0.3 is 0 Å². The second-order valence-corrected chi connectivity index (χ2v) is 2.63. The molecule has 0 aliphatic heterocycles. The van der Waals surface area contributed by atoms with Gasteiger partial charge in [-0.1, -0.05) is 6.58 Å². The SMILES string of the molecule is C=C(C(=O)[O-])S(=O)(=O)O. The van der Waals surface area contributed by atoms with Crippen LogP contribution in [0.4, 0.5) is 0 Å². The lowest BCUT2D eigenvalue weighted by Crippen LogP contribution is -2.27. The third kappa shape index (κ3) is 2.24. The minimum atomic E-state index is -4.66. The molecule has 1 N–H and O–H groups in total. The third-order valence-corrected chi connectivity index (χ3v) is 1.33. The van der Waals surface area contributed by atoms with E-state index in [1.54, 1.807) is 0 Å². The van der Waals surface area contributed by atoms with E-state index in [1.165, 1.54) is 0 Å². The van der Waals surface area contributed by atoms with E-state index < -0.39 is 21.0 Å². The first-order valence-corrected chi connectivity index (χ1v) is 3.17. The predicted molar refractivity (Wildman–Crippen MR) is 25.7 cm³/mol. The summed E-state index contributed by atoms with van der Waals surface area (Å²) in [5.74, 6) is -2.00. The van der Waals surface area contributed by atoms with Crippen LogP contribution in [0.15, 0.2) is 11.5 Å². The van der Waals surface area contributed by atoms with Gasteiger partial charge in [-0.15, -0.1) is 0 Å². The van der Waals surface area contributed by atoms with Crippen LogP contribution in [0, 0.1) is 0 Å². The highest BCUT2D eigenvalue weighted by atomic mass is 32.2. The van der Waals surface area contributed by atoms with Crippen LogP contribution in [0.3, 0.4) is 0 Å². The Morgan fingerprint density at radius 1 is 1.56 bits per heavy atom. The first-order valence-electron chi connectivity index (χ1n) is 1.73. The van der Waals surface area contributed by atoms with Gasteiger partial charge in [-0.3, -0.25) is 4.55 Å². The Balaban J connectivity index is 4.66. The van der Waals surface area contributed by atoms with Crippen molar-refractivity contribution in [3.05, 3.63) is 11.5 Å². The van der Waals surface area contributed by atoms with Crippen molar-refractivity contribution in [2.75, 3.05) is 0 Å². The standard InChI is InChI=1S/C3H4O5S/c1-2(3(4)5)9(6,7)8/h1H2,(H,4,5)(H,6,7,8)/p-1. The normalized spacial score (nSPS) is 10.8. The summed E-state index contributed by atoms with van der Waals surface area (Å²) in [5.41, 5.74) is 0. The van der Waals surface area contributed by atoms with Crippen molar-refractivity contribution in [1.29, 1.82) is 0 Å². The number of carbonyl (C=O) groups is 1. The van der Waals surface area contributed by atoms with Crippen LogP contribution in [0.1, 0.15) is 0 Å². The second-order valence-electron chi connectivity index (χ2n) is 1.19. The van der Waals surface area contributed by atoms with Crippen LogP contribution >= 0.6 is 0 Å². The number of carbonyl (C=O) groups excluding carboxylic acids is 1. The Morgan fingerprint density at radius 2 is 1.89 bits per heavy atom. The van der Waals surface area contributed by atoms with Gasteiger partial charge < -0.3 is 9.90 Å². The van der Waals surface area contributed by atoms with Crippen molar-refractivity contribution in [2.24, 2.45) is 0 Å². The van der Waals surface area contributed by atoms with E-state index in [2.05, 4.69) is 6.58 Å². The largest absolute Gasteiger partial charge is 0.544 e. The highest BCUT2D eigenvalue weighted by molar-refractivity contribution is 7.90. The summed E-state index contributed by atoms with van der Waals surface area (Å²) < 4.78 is 27.5. The Kier molecular flexibility index (Phi) is 1.95. The summed E-state index contributed by atoms with van der Waals surface area (Å²) in [6.45, 7) is 2.53. The first-order chi connectivity index (χ1) is 3.85. The Bertz CT molecular complexity index is 235. The van der Waals surface area contributed by atoms with Gasteiger partial charge in [0.1, 0.15) is 4.91 Å². The molecule has 0 radical (unpaired) electrons. The van der Waals surface area contributed by atoms with Crippen molar-refractivity contribution in [3.63, 3.8) is 0 Å². The minimum Gasteiger partial charge on any atom is -0.544 e. The maximum atomic E-state index is 9.81. The maximum Gasteiger partial charge on any atom is 0.295 e. The van der Waals surface area contributed by atoms with E-state index in [-0.39, 0.29) is 0 Å². The zero-order chi connectivity index (χ0) is 7.65. The fraction of sp³-hybridized carbons (Fsp3) is 0. The lowest BCUT2D eigenvalue weighted by molar-refractivity contribution is -0.298. The van der Waals surface area contributed by atoms with E-state index in [0.29, 0.717) is 0 Å². The average Bonchev–Trinajstić information content (AvgIpc) is 1.62. The number of hydrogen-bond acceptors (Lipinski definition) is 4. The molecular weight excluding hydrogens is 148 g/mol. The molecule has 0 heterocycles. The van der Waals surface area contributed by atoms with Crippen LogP contribution in [0.2, 0.25) is 0 Å². The summed E-state index contributed by atoms with van der Waals surface area (Å²) in [4.78, 5) is 8.27. The predicted octanol–water partition coefficient (Wildman–Crippen LogP) is -1.86. The highest BCUT2D eigenvalue weighted by Gasteiger charge is 2.10. The van der Waals surface area contributed by atoms with Gasteiger partial charge in [0.15, 0.2) is 0 Å². The third-order valence-electron chi connectivity index (χ3n) is 0.539. The molecule has 0 rings (SSSR count). The van der Waals surface area contributed by atoms with Gasteiger partial charge in [0.25, 0.3) is 10.1 Å². The molecule has 0 aromatic carbocycles. The molecule has 9 heavy (non-hydrogen) atoms. The molecule has 0 amide bonds. The van der Waals surface area contributed by atoms with Crippen LogP contribution in [0.25, 0.3) is 0 Å². The molecule has 0 saturated carbocycles. The summed E-state index contributed by atoms with van der Waals surface area (Å²) in [6, 6.07) is 0. The average molecular weight is 151 g/mol. The van der Waals surface area contributed by atoms with Crippen molar-refractivity contribution in [3.8, 4) is 0 Å². The molecule has 0 saturated heterocycles. The van der Waals surface area contributed by atoms with Crippen molar-refractivity contribution >= 4 is 16.1 Å².